The summed E-state index contributed by atoms with van der Waals surface area (Å²) in [6.45, 7) is 5.22. The fourth-order valence-electron chi connectivity index (χ4n) is 4.34. The second kappa shape index (κ2) is 11.7. The van der Waals surface area contributed by atoms with Crippen molar-refractivity contribution in [2.75, 3.05) is 31.0 Å². The van der Waals surface area contributed by atoms with Gasteiger partial charge >= 0.3 is 0 Å². The second-order valence-electron chi connectivity index (χ2n) is 9.38. The Morgan fingerprint density at radius 2 is 2.03 bits per heavy atom. The van der Waals surface area contributed by atoms with Crippen LogP contribution in [0.1, 0.15) is 60.6 Å². The zero-order chi connectivity index (χ0) is 26.5. The SMILES string of the molecule is CCOc1cncc(-c2cnc(C(=O)N[C@@H](CCN3CCCC3)c3cc(NS(=O)(=O)C4CC4)ccn3)s2)n1. The Morgan fingerprint density at radius 1 is 1.21 bits per heavy atom. The van der Waals surface area contributed by atoms with Gasteiger partial charge in [-0.25, -0.2) is 18.4 Å². The zero-order valence-electron chi connectivity index (χ0n) is 21.2. The molecule has 0 aromatic carbocycles. The fourth-order valence-corrected chi connectivity index (χ4v) is 6.49. The zero-order valence-corrected chi connectivity index (χ0v) is 22.8. The maximum atomic E-state index is 13.3. The molecule has 0 spiro atoms. The number of hydrogen-bond acceptors (Lipinski definition) is 10. The van der Waals surface area contributed by atoms with Gasteiger partial charge in [0.2, 0.25) is 15.9 Å². The van der Waals surface area contributed by atoms with E-state index >= 15 is 0 Å². The van der Waals surface area contributed by atoms with Crippen molar-refractivity contribution in [2.24, 2.45) is 0 Å². The van der Waals surface area contributed by atoms with Crippen LogP contribution in [-0.4, -0.2) is 70.7 Å². The number of nitrogens with one attached hydrogen (secondary N) is 2. The minimum Gasteiger partial charge on any atom is -0.477 e. The maximum Gasteiger partial charge on any atom is 0.280 e. The minimum absolute atomic E-state index is 0.292. The molecule has 3 aromatic heterocycles. The van der Waals surface area contributed by atoms with Crippen molar-refractivity contribution in [2.45, 2.75) is 50.3 Å². The predicted molar refractivity (Wildman–Crippen MR) is 145 cm³/mol. The third-order valence-electron chi connectivity index (χ3n) is 6.46. The summed E-state index contributed by atoms with van der Waals surface area (Å²) in [6, 6.07) is 2.92. The van der Waals surface area contributed by atoms with Crippen LogP contribution in [0, 0.1) is 0 Å². The molecule has 0 unspecified atom stereocenters. The Bertz CT molecular complexity index is 1370. The van der Waals surface area contributed by atoms with Gasteiger partial charge in [-0.1, -0.05) is 0 Å². The molecule has 1 atom stereocenters. The summed E-state index contributed by atoms with van der Waals surface area (Å²) >= 11 is 1.22. The molecule has 1 saturated carbocycles. The number of carbonyl (C=O) groups is 1. The number of rotatable bonds is 12. The van der Waals surface area contributed by atoms with Crippen molar-refractivity contribution >= 4 is 33.0 Å². The molecule has 2 fully saturated rings. The highest BCUT2D eigenvalue weighted by Crippen LogP contribution is 2.31. The van der Waals surface area contributed by atoms with Gasteiger partial charge in [0.1, 0.15) is 5.69 Å². The monoisotopic (exact) mass is 557 g/mol. The van der Waals surface area contributed by atoms with E-state index in [-0.39, 0.29) is 11.2 Å². The molecular formula is C25H31N7O4S2. The first kappa shape index (κ1) is 26.4. The first-order valence-electron chi connectivity index (χ1n) is 12.8. The molecule has 4 heterocycles. The highest BCUT2D eigenvalue weighted by atomic mass is 32.2. The lowest BCUT2D eigenvalue weighted by molar-refractivity contribution is 0.0930. The average molecular weight is 558 g/mol. The first-order valence-corrected chi connectivity index (χ1v) is 15.2. The Morgan fingerprint density at radius 3 is 2.79 bits per heavy atom. The van der Waals surface area contributed by atoms with E-state index in [0.29, 0.717) is 58.7 Å². The fraction of sp³-hybridized carbons (Fsp3) is 0.480. The van der Waals surface area contributed by atoms with Crippen molar-refractivity contribution in [1.29, 1.82) is 0 Å². The van der Waals surface area contributed by atoms with Crippen LogP contribution in [0.4, 0.5) is 5.69 Å². The summed E-state index contributed by atoms with van der Waals surface area (Å²) < 4.78 is 33.0. The van der Waals surface area contributed by atoms with E-state index in [0.717, 1.165) is 19.6 Å². The first-order chi connectivity index (χ1) is 18.4. The van der Waals surface area contributed by atoms with Crippen LogP contribution in [-0.2, 0) is 10.0 Å². The molecule has 0 radical (unpaired) electrons. The average Bonchev–Trinajstić information content (AvgIpc) is 3.44. The Kier molecular flexibility index (Phi) is 8.15. The number of aromatic nitrogens is 4. The standard InChI is InChI=1S/C25H31N7O4S2/c1-2-36-23-16-26-14-21(29-23)22-15-28-25(37-22)24(33)30-19(8-12-32-10-3-4-11-32)20-13-17(7-9-27-20)31-38(34,35)18-5-6-18/h7,9,13-16,18-19H,2-6,8,10-12H2,1H3,(H,27,31)(H,30,33)/t19-/m0/s1. The Hall–Kier alpha value is -3.16. The van der Waals surface area contributed by atoms with E-state index in [1.165, 1.54) is 24.2 Å². The quantitative estimate of drug-likeness (QED) is 0.343. The predicted octanol–water partition coefficient (Wildman–Crippen LogP) is 3.25. The molecular weight excluding hydrogens is 526 g/mol. The van der Waals surface area contributed by atoms with E-state index in [1.54, 1.807) is 36.9 Å². The molecule has 2 N–H and O–H groups in total. The molecule has 13 heteroatoms. The third-order valence-corrected chi connectivity index (χ3v) is 9.34. The van der Waals surface area contributed by atoms with Gasteiger partial charge in [0, 0.05) is 18.9 Å². The molecule has 11 nitrogen and oxygen atoms in total. The molecule has 1 aliphatic heterocycles. The largest absolute Gasteiger partial charge is 0.477 e. The summed E-state index contributed by atoms with van der Waals surface area (Å²) in [5.74, 6) is 0.0852. The van der Waals surface area contributed by atoms with Crippen LogP contribution in [0.2, 0.25) is 0 Å². The topological polar surface area (TPSA) is 139 Å². The van der Waals surface area contributed by atoms with E-state index in [4.69, 9.17) is 4.74 Å². The van der Waals surface area contributed by atoms with Crippen molar-refractivity contribution in [3.8, 4) is 16.5 Å². The van der Waals surface area contributed by atoms with Gasteiger partial charge in [0.15, 0.2) is 5.01 Å². The van der Waals surface area contributed by atoms with Gasteiger partial charge in [-0.05, 0) is 64.3 Å². The number of hydrogen-bond donors (Lipinski definition) is 2. The van der Waals surface area contributed by atoms with Crippen molar-refractivity contribution in [1.82, 2.24) is 30.2 Å². The molecule has 1 aliphatic carbocycles. The highest BCUT2D eigenvalue weighted by Gasteiger charge is 2.35. The van der Waals surface area contributed by atoms with Crippen molar-refractivity contribution in [3.05, 3.63) is 47.6 Å². The van der Waals surface area contributed by atoms with Crippen LogP contribution in [0.25, 0.3) is 10.6 Å². The van der Waals surface area contributed by atoms with Gasteiger partial charge in [-0.2, -0.15) is 0 Å². The minimum atomic E-state index is -3.41. The Labute approximate surface area is 226 Å². The lowest BCUT2D eigenvalue weighted by atomic mass is 10.1. The summed E-state index contributed by atoms with van der Waals surface area (Å²) in [5, 5.41) is 3.04. The van der Waals surface area contributed by atoms with Gasteiger partial charge in [-0.15, -0.1) is 11.3 Å². The number of anilines is 1. The lowest BCUT2D eigenvalue weighted by Crippen LogP contribution is -2.32. The van der Waals surface area contributed by atoms with E-state index < -0.39 is 16.1 Å². The molecule has 2 aliphatic rings. The van der Waals surface area contributed by atoms with Crippen LogP contribution in [0.15, 0.2) is 36.9 Å². The number of sulfonamides is 1. The third kappa shape index (κ3) is 6.63. The maximum absolute atomic E-state index is 13.3. The smallest absolute Gasteiger partial charge is 0.280 e. The number of amides is 1. The number of ether oxygens (including phenoxy) is 1. The summed E-state index contributed by atoms with van der Waals surface area (Å²) in [4.78, 5) is 33.7. The van der Waals surface area contributed by atoms with Crippen molar-refractivity contribution < 1.29 is 17.9 Å². The van der Waals surface area contributed by atoms with Crippen LogP contribution < -0.4 is 14.8 Å². The van der Waals surface area contributed by atoms with Gasteiger partial charge in [-0.3, -0.25) is 19.5 Å². The summed E-state index contributed by atoms with van der Waals surface area (Å²) in [5.41, 5.74) is 1.63. The van der Waals surface area contributed by atoms with E-state index in [1.807, 2.05) is 6.92 Å². The number of pyridine rings is 1. The molecule has 38 heavy (non-hydrogen) atoms. The lowest BCUT2D eigenvalue weighted by Gasteiger charge is -2.22. The van der Waals surface area contributed by atoms with Crippen LogP contribution in [0.5, 0.6) is 5.88 Å². The van der Waals surface area contributed by atoms with Gasteiger partial charge in [0.05, 0.1) is 46.6 Å². The van der Waals surface area contributed by atoms with Crippen molar-refractivity contribution in [3.63, 3.8) is 0 Å². The second-order valence-corrected chi connectivity index (χ2v) is 12.4. The molecule has 1 saturated heterocycles. The number of thiazole rings is 1. The van der Waals surface area contributed by atoms with Crippen LogP contribution >= 0.6 is 11.3 Å². The van der Waals surface area contributed by atoms with Crippen LogP contribution in [0.3, 0.4) is 0 Å². The summed E-state index contributed by atoms with van der Waals surface area (Å²) in [6.07, 6.45) is 10.7. The molecule has 0 bridgehead atoms. The number of nitrogens with zero attached hydrogens (tertiary/aromatic N) is 5. The molecule has 3 aromatic rings. The van der Waals surface area contributed by atoms with E-state index in [2.05, 4.69) is 34.9 Å². The molecule has 5 rings (SSSR count). The normalized spacial score (nSPS) is 16.8. The molecule has 202 valence electrons. The number of likely N-dealkylation sites (tertiary alicyclic amines) is 1. The molecule has 1 amide bonds. The Balaban J connectivity index is 1.33. The highest BCUT2D eigenvalue weighted by molar-refractivity contribution is 7.93. The van der Waals surface area contributed by atoms with Gasteiger partial charge in [0.25, 0.3) is 5.91 Å². The summed E-state index contributed by atoms with van der Waals surface area (Å²) in [7, 11) is -3.41. The number of carbonyl (C=O) groups excluding carboxylic acids is 1. The van der Waals surface area contributed by atoms with Gasteiger partial charge < -0.3 is 15.0 Å². The van der Waals surface area contributed by atoms with E-state index in [9.17, 15) is 13.2 Å².